The zero-order valence-corrected chi connectivity index (χ0v) is 5.59. The molecule has 2 radical (unpaired) electrons. The predicted molar refractivity (Wildman–Crippen MR) is 33.9 cm³/mol. The lowest BCUT2D eigenvalue weighted by molar-refractivity contribution is 0.125. The maximum Gasteiger partial charge on any atom is 0.262 e. The van der Waals surface area contributed by atoms with E-state index in [2.05, 4.69) is 11.3 Å². The summed E-state index contributed by atoms with van der Waals surface area (Å²) in [4.78, 5) is 4.98. The highest BCUT2D eigenvalue weighted by Crippen LogP contribution is 2.15. The molecule has 0 saturated carbocycles. The van der Waals surface area contributed by atoms with Crippen LogP contribution in [0.1, 0.15) is 6.92 Å². The van der Waals surface area contributed by atoms with Crippen LogP contribution < -0.4 is 0 Å². The minimum absolute atomic E-state index is 0.646. The van der Waals surface area contributed by atoms with Crippen LogP contribution in [0.4, 0.5) is 8.78 Å². The normalized spacial score (nSPS) is 24.8. The van der Waals surface area contributed by atoms with Crippen molar-refractivity contribution in [2.45, 2.75) is 19.4 Å². The second-order valence-corrected chi connectivity index (χ2v) is 1.99. The summed E-state index contributed by atoms with van der Waals surface area (Å²) in [7, 11) is 0. The van der Waals surface area contributed by atoms with Crippen LogP contribution in [0, 0.1) is 6.54 Å². The Labute approximate surface area is 58.5 Å². The number of alkyl halides is 2. The van der Waals surface area contributed by atoms with Gasteiger partial charge in [0.25, 0.3) is 6.43 Å². The molecule has 0 spiro atoms. The van der Waals surface area contributed by atoms with Crippen LogP contribution in [0.5, 0.6) is 0 Å². The summed E-state index contributed by atoms with van der Waals surface area (Å²) in [5.74, 6) is 0. The summed E-state index contributed by atoms with van der Waals surface area (Å²) in [6, 6.07) is -0.972. The van der Waals surface area contributed by atoms with E-state index in [1.165, 1.54) is 11.4 Å². The van der Waals surface area contributed by atoms with Crippen molar-refractivity contribution in [3.63, 3.8) is 0 Å². The van der Waals surface area contributed by atoms with E-state index in [0.717, 1.165) is 0 Å². The molecule has 0 aromatic carbocycles. The number of halogens is 2. The van der Waals surface area contributed by atoms with Crippen LogP contribution in [0.2, 0.25) is 0 Å². The van der Waals surface area contributed by atoms with Gasteiger partial charge in [0.15, 0.2) is 6.34 Å². The smallest absolute Gasteiger partial charge is 0.262 e. The average Bonchev–Trinajstić information content (AvgIpc) is 2.34. The van der Waals surface area contributed by atoms with Crippen molar-refractivity contribution in [1.82, 2.24) is 4.90 Å². The van der Waals surface area contributed by atoms with E-state index >= 15 is 0 Å². The summed E-state index contributed by atoms with van der Waals surface area (Å²) in [6.07, 6.45) is 0.0614. The summed E-state index contributed by atoms with van der Waals surface area (Å²) < 4.78 is 23.7. The van der Waals surface area contributed by atoms with Gasteiger partial charge in [-0.1, -0.05) is 0 Å². The molecule has 1 atom stereocenters. The van der Waals surface area contributed by atoms with E-state index in [1.807, 2.05) is 6.92 Å². The first-order chi connectivity index (χ1) is 4.74. The molecule has 1 rings (SSSR count). The number of rotatable bonds is 2. The van der Waals surface area contributed by atoms with Crippen molar-refractivity contribution in [3.05, 3.63) is 6.54 Å². The minimum atomic E-state index is -2.40. The molecular formula is C6H8F2N2. The lowest BCUT2D eigenvalue weighted by Gasteiger charge is -2.10. The van der Waals surface area contributed by atoms with Crippen molar-refractivity contribution in [2.24, 2.45) is 4.99 Å². The molecular weight excluding hydrogens is 138 g/mol. The highest BCUT2D eigenvalue weighted by atomic mass is 19.3. The maximum absolute atomic E-state index is 11.9. The van der Waals surface area contributed by atoms with Crippen molar-refractivity contribution < 1.29 is 8.78 Å². The molecule has 0 aromatic rings. The van der Waals surface area contributed by atoms with Gasteiger partial charge in [0.05, 0.1) is 6.54 Å². The van der Waals surface area contributed by atoms with Gasteiger partial charge in [-0.25, -0.2) is 8.78 Å². The van der Waals surface area contributed by atoms with Gasteiger partial charge in [0.2, 0.25) is 0 Å². The zero-order valence-electron chi connectivity index (χ0n) is 5.59. The van der Waals surface area contributed by atoms with Crippen LogP contribution >= 0.6 is 0 Å². The molecule has 1 heterocycles. The number of likely N-dealkylation sites (N-methyl/N-ethyl adjacent to an activating group) is 1. The lowest BCUT2D eigenvalue weighted by Crippen LogP contribution is -2.21. The third kappa shape index (κ3) is 1.43. The molecule has 1 aliphatic heterocycles. The Hall–Kier alpha value is -0.670. The van der Waals surface area contributed by atoms with Gasteiger partial charge in [-0.2, -0.15) is 0 Å². The SMILES string of the molecule is CCN1[C]=NC(C(F)F)[CH]1. The van der Waals surface area contributed by atoms with Gasteiger partial charge < -0.3 is 4.90 Å². The van der Waals surface area contributed by atoms with Gasteiger partial charge in [-0.05, 0) is 6.92 Å². The second-order valence-electron chi connectivity index (χ2n) is 1.99. The molecule has 0 aromatic heterocycles. The molecule has 1 unspecified atom stereocenters. The first-order valence-corrected chi connectivity index (χ1v) is 3.09. The fourth-order valence-corrected chi connectivity index (χ4v) is 0.689. The van der Waals surface area contributed by atoms with Crippen LogP contribution in [-0.4, -0.2) is 30.3 Å². The van der Waals surface area contributed by atoms with E-state index in [9.17, 15) is 8.78 Å². The van der Waals surface area contributed by atoms with Crippen LogP contribution in [0.15, 0.2) is 4.99 Å². The molecule has 0 N–H and O–H groups in total. The Morgan fingerprint density at radius 1 is 1.80 bits per heavy atom. The summed E-state index contributed by atoms with van der Waals surface area (Å²) in [5, 5.41) is 0. The maximum atomic E-state index is 11.9. The fraction of sp³-hybridized carbons (Fsp3) is 0.667. The molecule has 10 heavy (non-hydrogen) atoms. The van der Waals surface area contributed by atoms with Gasteiger partial charge in [-0.3, -0.25) is 4.99 Å². The quantitative estimate of drug-likeness (QED) is 0.568. The number of hydrogen-bond donors (Lipinski definition) is 0. The number of hydrogen-bond acceptors (Lipinski definition) is 2. The monoisotopic (exact) mass is 146 g/mol. The topological polar surface area (TPSA) is 15.6 Å². The van der Waals surface area contributed by atoms with Crippen LogP contribution in [0.25, 0.3) is 0 Å². The molecule has 0 amide bonds. The van der Waals surface area contributed by atoms with E-state index in [-0.39, 0.29) is 0 Å². The third-order valence-corrected chi connectivity index (χ3v) is 1.27. The van der Waals surface area contributed by atoms with Gasteiger partial charge in [0.1, 0.15) is 6.04 Å². The van der Waals surface area contributed by atoms with E-state index in [4.69, 9.17) is 0 Å². The number of nitrogens with zero attached hydrogens (tertiary/aromatic N) is 2. The third-order valence-electron chi connectivity index (χ3n) is 1.27. The van der Waals surface area contributed by atoms with Crippen molar-refractivity contribution in [1.29, 1.82) is 0 Å². The van der Waals surface area contributed by atoms with Crippen LogP contribution in [-0.2, 0) is 0 Å². The molecule has 0 fully saturated rings. The molecule has 0 aliphatic carbocycles. The Balaban J connectivity index is 2.37. The summed E-state index contributed by atoms with van der Waals surface area (Å²) >= 11 is 0. The van der Waals surface area contributed by atoms with Crippen molar-refractivity contribution >= 4 is 6.34 Å². The molecule has 56 valence electrons. The van der Waals surface area contributed by atoms with E-state index in [1.54, 1.807) is 0 Å². The highest BCUT2D eigenvalue weighted by molar-refractivity contribution is 5.59. The predicted octanol–water partition coefficient (Wildman–Crippen LogP) is 1.02. The zero-order chi connectivity index (χ0) is 7.56. The first kappa shape index (κ1) is 7.44. The molecule has 0 bridgehead atoms. The summed E-state index contributed by atoms with van der Waals surface area (Å²) in [5.41, 5.74) is 0. The first-order valence-electron chi connectivity index (χ1n) is 3.09. The Morgan fingerprint density at radius 2 is 2.50 bits per heavy atom. The van der Waals surface area contributed by atoms with Crippen LogP contribution in [0.3, 0.4) is 0 Å². The molecule has 2 nitrogen and oxygen atoms in total. The summed E-state index contributed by atoms with van der Waals surface area (Å²) in [6.45, 7) is 3.88. The Morgan fingerprint density at radius 3 is 2.80 bits per heavy atom. The van der Waals surface area contributed by atoms with Crippen molar-refractivity contribution in [2.75, 3.05) is 6.54 Å². The van der Waals surface area contributed by atoms with Gasteiger partial charge in [-0.15, -0.1) is 0 Å². The van der Waals surface area contributed by atoms with Crippen molar-refractivity contribution in [3.8, 4) is 0 Å². The second kappa shape index (κ2) is 2.94. The Bertz CT molecular complexity index is 136. The lowest BCUT2D eigenvalue weighted by atomic mass is 10.3. The fourth-order valence-electron chi connectivity index (χ4n) is 0.689. The van der Waals surface area contributed by atoms with E-state index < -0.39 is 12.5 Å². The Kier molecular flexibility index (Phi) is 2.19. The average molecular weight is 146 g/mol. The van der Waals surface area contributed by atoms with Gasteiger partial charge in [0, 0.05) is 6.54 Å². The molecule has 0 saturated heterocycles. The highest BCUT2D eigenvalue weighted by Gasteiger charge is 2.25. The standard InChI is InChI=1S/C6H8F2N2/c1-2-10-3-5(6(7)8)9-4-10/h3,5-6H,2H2,1H3. The molecule has 1 aliphatic rings. The molecule has 4 heteroatoms. The number of aliphatic imine (C=N–C) groups is 1. The minimum Gasteiger partial charge on any atom is -0.347 e. The largest absolute Gasteiger partial charge is 0.347 e. The van der Waals surface area contributed by atoms with E-state index in [0.29, 0.717) is 6.54 Å². The van der Waals surface area contributed by atoms with Gasteiger partial charge >= 0.3 is 0 Å².